The van der Waals surface area contributed by atoms with Crippen LogP contribution >= 0.6 is 0 Å². The van der Waals surface area contributed by atoms with Crippen molar-refractivity contribution in [1.29, 1.82) is 0 Å². The van der Waals surface area contributed by atoms with E-state index >= 15 is 0 Å². The van der Waals surface area contributed by atoms with Crippen LogP contribution in [-0.2, 0) is 6.54 Å². The largest absolute Gasteiger partial charge is 0.379 e. The number of aromatic nitrogens is 4. The topological polar surface area (TPSA) is 96.2 Å². The first-order valence-corrected chi connectivity index (χ1v) is 10.0. The first kappa shape index (κ1) is 19.0. The van der Waals surface area contributed by atoms with E-state index in [0.717, 1.165) is 30.3 Å². The van der Waals surface area contributed by atoms with E-state index in [2.05, 4.69) is 31.0 Å². The van der Waals surface area contributed by atoms with E-state index in [0.29, 0.717) is 24.1 Å². The van der Waals surface area contributed by atoms with Crippen LogP contribution in [0.5, 0.6) is 0 Å². The zero-order valence-electron chi connectivity index (χ0n) is 16.5. The summed E-state index contributed by atoms with van der Waals surface area (Å²) in [6.45, 7) is 0.584. The van der Waals surface area contributed by atoms with Gasteiger partial charge in [-0.3, -0.25) is 9.78 Å². The van der Waals surface area contributed by atoms with Crippen molar-refractivity contribution in [3.8, 4) is 0 Å². The minimum absolute atomic E-state index is 0.0460. The second-order valence-corrected chi connectivity index (χ2v) is 7.39. The zero-order valence-corrected chi connectivity index (χ0v) is 16.5. The fourth-order valence-electron chi connectivity index (χ4n) is 3.21. The zero-order chi connectivity index (χ0) is 21.2. The van der Waals surface area contributed by atoms with Gasteiger partial charge in [-0.2, -0.15) is 0 Å². The van der Waals surface area contributed by atoms with Crippen molar-refractivity contribution in [2.45, 2.75) is 25.4 Å². The van der Waals surface area contributed by atoms with Crippen LogP contribution in [-0.4, -0.2) is 31.5 Å². The minimum Gasteiger partial charge on any atom is -0.379 e. The fraction of sp³-hybridized carbons (Fsp3) is 0.182. The van der Waals surface area contributed by atoms with Crippen molar-refractivity contribution in [1.82, 2.24) is 19.6 Å². The molecule has 31 heavy (non-hydrogen) atoms. The molecule has 0 atom stereocenters. The minimum atomic E-state index is -0.612. The average molecular weight is 417 g/mol. The van der Waals surface area contributed by atoms with E-state index < -0.39 is 11.7 Å². The van der Waals surface area contributed by atoms with E-state index in [4.69, 9.17) is 0 Å². The third-order valence-corrected chi connectivity index (χ3v) is 4.97. The molecule has 156 valence electrons. The van der Waals surface area contributed by atoms with Gasteiger partial charge < -0.3 is 16.0 Å². The Labute approximate surface area is 177 Å². The lowest BCUT2D eigenvalue weighted by molar-refractivity contribution is 0.102. The molecule has 0 saturated heterocycles. The molecule has 0 radical (unpaired) electrons. The van der Waals surface area contributed by atoms with Crippen molar-refractivity contribution in [2.75, 3.05) is 16.0 Å². The fourth-order valence-corrected chi connectivity index (χ4v) is 3.21. The molecule has 3 N–H and O–H groups in total. The lowest BCUT2D eigenvalue weighted by atomic mass is 10.2. The molecule has 4 aromatic rings. The summed E-state index contributed by atoms with van der Waals surface area (Å²) in [4.78, 5) is 20.9. The van der Waals surface area contributed by atoms with Gasteiger partial charge >= 0.3 is 0 Å². The molecule has 8 nitrogen and oxygen atoms in total. The summed E-state index contributed by atoms with van der Waals surface area (Å²) in [6, 6.07) is 13.7. The summed E-state index contributed by atoms with van der Waals surface area (Å²) >= 11 is 0. The monoisotopic (exact) mass is 417 g/mol. The number of anilines is 3. The molecular formula is C22H20FN7O. The van der Waals surface area contributed by atoms with Gasteiger partial charge in [-0.15, -0.1) is 5.10 Å². The Balaban J connectivity index is 1.47. The number of carbonyl (C=O) groups is 1. The molecule has 0 aliphatic heterocycles. The van der Waals surface area contributed by atoms with Gasteiger partial charge in [0, 0.05) is 24.8 Å². The molecule has 1 amide bonds. The Bertz CT molecular complexity index is 1240. The van der Waals surface area contributed by atoms with Crippen molar-refractivity contribution < 1.29 is 9.18 Å². The number of hydrogen-bond donors (Lipinski definition) is 3. The third kappa shape index (κ3) is 4.16. The number of imidazole rings is 1. The van der Waals surface area contributed by atoms with Crippen molar-refractivity contribution >= 4 is 28.7 Å². The first-order valence-electron chi connectivity index (χ1n) is 10.0. The predicted octanol–water partition coefficient (Wildman–Crippen LogP) is 3.70. The second-order valence-electron chi connectivity index (χ2n) is 7.39. The van der Waals surface area contributed by atoms with Crippen LogP contribution in [0.4, 0.5) is 21.6 Å². The molecule has 0 bridgehead atoms. The van der Waals surface area contributed by atoms with Gasteiger partial charge in [0.25, 0.3) is 5.91 Å². The number of hydrogen-bond acceptors (Lipinski definition) is 6. The number of pyridine rings is 1. The molecule has 1 aliphatic carbocycles. The predicted molar refractivity (Wildman–Crippen MR) is 116 cm³/mol. The van der Waals surface area contributed by atoms with Crippen molar-refractivity contribution in [3.05, 3.63) is 78.1 Å². The number of nitrogens with zero attached hydrogens (tertiary/aromatic N) is 4. The summed E-state index contributed by atoms with van der Waals surface area (Å²) < 4.78 is 15.4. The first-order chi connectivity index (χ1) is 15.2. The van der Waals surface area contributed by atoms with Gasteiger partial charge in [-0.1, -0.05) is 30.3 Å². The summed E-state index contributed by atoms with van der Waals surface area (Å²) in [6.07, 6.45) is 6.09. The second kappa shape index (κ2) is 8.02. The molecule has 3 heterocycles. The third-order valence-electron chi connectivity index (χ3n) is 4.97. The number of rotatable bonds is 7. The number of fused-ring (bicyclic) bond motifs is 1. The average Bonchev–Trinajstić information content (AvgIpc) is 3.50. The van der Waals surface area contributed by atoms with Gasteiger partial charge in [0.1, 0.15) is 5.82 Å². The highest BCUT2D eigenvalue weighted by Crippen LogP contribution is 2.29. The lowest BCUT2D eigenvalue weighted by Crippen LogP contribution is -2.17. The normalized spacial score (nSPS) is 13.2. The van der Waals surface area contributed by atoms with E-state index in [-0.39, 0.29) is 11.4 Å². The SMILES string of the molecule is O=C(Nc1ccncc1F)c1cnc2c(NC3CC3)cc(NCc3ccccc3)nn12. The Hall–Kier alpha value is -4.01. The van der Waals surface area contributed by atoms with Gasteiger partial charge in [0.05, 0.1) is 23.8 Å². The van der Waals surface area contributed by atoms with Crippen LogP contribution in [0.3, 0.4) is 0 Å². The molecule has 1 aromatic carbocycles. The Morgan fingerprint density at radius 3 is 2.74 bits per heavy atom. The summed E-state index contributed by atoms with van der Waals surface area (Å²) in [5.74, 6) is -0.525. The molecule has 1 aliphatic rings. The number of halogens is 1. The summed E-state index contributed by atoms with van der Waals surface area (Å²) in [5.41, 5.74) is 2.69. The van der Waals surface area contributed by atoms with Gasteiger partial charge in [0.15, 0.2) is 17.2 Å². The maximum atomic E-state index is 13.9. The van der Waals surface area contributed by atoms with Crippen LogP contribution < -0.4 is 16.0 Å². The van der Waals surface area contributed by atoms with Crippen LogP contribution in [0.1, 0.15) is 28.9 Å². The number of benzene rings is 1. The van der Waals surface area contributed by atoms with Crippen LogP contribution in [0.2, 0.25) is 0 Å². The summed E-state index contributed by atoms with van der Waals surface area (Å²) in [7, 11) is 0. The molecule has 3 aromatic heterocycles. The van der Waals surface area contributed by atoms with Crippen LogP contribution in [0.25, 0.3) is 5.65 Å². The molecule has 5 rings (SSSR count). The molecule has 1 saturated carbocycles. The Kier molecular flexibility index (Phi) is 4.91. The maximum absolute atomic E-state index is 13.9. The summed E-state index contributed by atoms with van der Waals surface area (Å²) in [5, 5.41) is 13.9. The maximum Gasteiger partial charge on any atom is 0.276 e. The Morgan fingerprint density at radius 1 is 1.13 bits per heavy atom. The molecule has 9 heteroatoms. The smallest absolute Gasteiger partial charge is 0.276 e. The molecule has 0 unspecified atom stereocenters. The molecule has 1 fully saturated rings. The number of carbonyl (C=O) groups excluding carboxylic acids is 1. The van der Waals surface area contributed by atoms with Gasteiger partial charge in [-0.05, 0) is 24.5 Å². The van der Waals surface area contributed by atoms with E-state index in [1.807, 2.05) is 36.4 Å². The number of amides is 1. The highest BCUT2D eigenvalue weighted by atomic mass is 19.1. The van der Waals surface area contributed by atoms with Gasteiger partial charge in [0.2, 0.25) is 0 Å². The van der Waals surface area contributed by atoms with Crippen molar-refractivity contribution in [2.24, 2.45) is 0 Å². The number of nitrogens with one attached hydrogen (secondary N) is 3. The highest BCUT2D eigenvalue weighted by Gasteiger charge is 2.24. The van der Waals surface area contributed by atoms with E-state index in [9.17, 15) is 9.18 Å². The molecule has 0 spiro atoms. The quantitative estimate of drug-likeness (QED) is 0.424. The van der Waals surface area contributed by atoms with E-state index in [1.165, 1.54) is 23.0 Å². The standard InChI is InChI=1S/C22H20FN7O/c23-16-12-24-9-8-17(16)28-22(31)19-13-26-21-18(27-15-6-7-15)10-20(29-30(19)21)25-11-14-4-2-1-3-5-14/h1-5,8-10,12-13,15,27H,6-7,11H2,(H,25,29)(H,24,28,31). The Morgan fingerprint density at radius 2 is 1.97 bits per heavy atom. The van der Waals surface area contributed by atoms with Gasteiger partial charge in [-0.25, -0.2) is 13.9 Å². The highest BCUT2D eigenvalue weighted by molar-refractivity contribution is 6.03. The van der Waals surface area contributed by atoms with Crippen LogP contribution in [0, 0.1) is 5.82 Å². The molecular weight excluding hydrogens is 397 g/mol. The lowest BCUT2D eigenvalue weighted by Gasteiger charge is -2.12. The van der Waals surface area contributed by atoms with Crippen molar-refractivity contribution in [3.63, 3.8) is 0 Å². The van der Waals surface area contributed by atoms with E-state index in [1.54, 1.807) is 0 Å². The van der Waals surface area contributed by atoms with Crippen LogP contribution in [0.15, 0.2) is 61.1 Å².